The second-order valence-electron chi connectivity index (χ2n) is 5.72. The lowest BCUT2D eigenvalue weighted by Crippen LogP contribution is -2.22. The summed E-state index contributed by atoms with van der Waals surface area (Å²) in [4.78, 5) is 0. The lowest BCUT2D eigenvalue weighted by molar-refractivity contribution is 0.414. The zero-order valence-corrected chi connectivity index (χ0v) is 13.2. The van der Waals surface area contributed by atoms with E-state index in [0.717, 1.165) is 18.6 Å². The summed E-state index contributed by atoms with van der Waals surface area (Å²) in [6.07, 6.45) is 11.6. The molecule has 1 unspecified atom stereocenters. The van der Waals surface area contributed by atoms with Crippen LogP contribution in [-0.4, -0.2) is 13.2 Å². The molecule has 0 spiro atoms. The Hall–Kier alpha value is -1.02. The predicted octanol–water partition coefficient (Wildman–Crippen LogP) is 4.71. The summed E-state index contributed by atoms with van der Waals surface area (Å²) >= 11 is 0. The van der Waals surface area contributed by atoms with Gasteiger partial charge in [-0.3, -0.25) is 0 Å². The molecule has 0 aliphatic carbocycles. The number of rotatable bonds is 11. The molecule has 2 heteroatoms. The highest BCUT2D eigenvalue weighted by Crippen LogP contribution is 2.14. The van der Waals surface area contributed by atoms with Gasteiger partial charge >= 0.3 is 0 Å². The fourth-order valence-corrected chi connectivity index (χ4v) is 2.53. The fraction of sp³-hybridized carbons (Fsp3) is 0.667. The standard InChI is InChI=1S/C18H31NO/c1-3-4-5-6-7-8-9-10-17(19)15-16-11-13-18(20-2)14-12-16/h11-14,17H,3-10,15,19H2,1-2H3. The molecule has 0 bridgehead atoms. The molecule has 1 aromatic rings. The molecule has 114 valence electrons. The average molecular weight is 277 g/mol. The maximum Gasteiger partial charge on any atom is 0.118 e. The number of unbranched alkanes of at least 4 members (excludes halogenated alkanes) is 6. The van der Waals surface area contributed by atoms with Crippen molar-refractivity contribution in [3.8, 4) is 5.75 Å². The van der Waals surface area contributed by atoms with Crippen molar-refractivity contribution in [3.05, 3.63) is 29.8 Å². The van der Waals surface area contributed by atoms with Crippen LogP contribution in [0.4, 0.5) is 0 Å². The van der Waals surface area contributed by atoms with Gasteiger partial charge < -0.3 is 10.5 Å². The first-order chi connectivity index (χ1) is 9.76. The quantitative estimate of drug-likeness (QED) is 0.595. The van der Waals surface area contributed by atoms with E-state index in [0.29, 0.717) is 6.04 Å². The topological polar surface area (TPSA) is 35.2 Å². The van der Waals surface area contributed by atoms with E-state index in [4.69, 9.17) is 10.5 Å². The smallest absolute Gasteiger partial charge is 0.118 e. The molecule has 1 atom stereocenters. The molecular formula is C18H31NO. The summed E-state index contributed by atoms with van der Waals surface area (Å²) in [5.41, 5.74) is 7.51. The number of nitrogens with two attached hydrogens (primary N) is 1. The van der Waals surface area contributed by atoms with Crippen molar-refractivity contribution < 1.29 is 4.74 Å². The van der Waals surface area contributed by atoms with Crippen molar-refractivity contribution in [3.63, 3.8) is 0 Å². The Balaban J connectivity index is 2.08. The maximum absolute atomic E-state index is 6.21. The van der Waals surface area contributed by atoms with Crippen LogP contribution in [0, 0.1) is 0 Å². The van der Waals surface area contributed by atoms with Gasteiger partial charge in [0.05, 0.1) is 7.11 Å². The molecule has 0 saturated heterocycles. The Morgan fingerprint density at radius 3 is 2.15 bits per heavy atom. The molecule has 1 aromatic carbocycles. The van der Waals surface area contributed by atoms with Crippen LogP contribution in [0.1, 0.15) is 63.9 Å². The highest BCUT2D eigenvalue weighted by Gasteiger charge is 2.04. The predicted molar refractivity (Wildman–Crippen MR) is 87.3 cm³/mol. The van der Waals surface area contributed by atoms with Crippen LogP contribution < -0.4 is 10.5 Å². The van der Waals surface area contributed by atoms with Gasteiger partial charge in [0.15, 0.2) is 0 Å². The summed E-state index contributed by atoms with van der Waals surface area (Å²) in [6, 6.07) is 8.54. The van der Waals surface area contributed by atoms with Gasteiger partial charge in [0.25, 0.3) is 0 Å². The summed E-state index contributed by atoms with van der Waals surface area (Å²) in [5.74, 6) is 0.911. The van der Waals surface area contributed by atoms with Gasteiger partial charge in [-0.05, 0) is 30.5 Å². The van der Waals surface area contributed by atoms with Crippen LogP contribution in [0.25, 0.3) is 0 Å². The number of benzene rings is 1. The lowest BCUT2D eigenvalue weighted by atomic mass is 10.0. The van der Waals surface area contributed by atoms with Crippen LogP contribution in [0.3, 0.4) is 0 Å². The van der Waals surface area contributed by atoms with Gasteiger partial charge in [-0.2, -0.15) is 0 Å². The van der Waals surface area contributed by atoms with Crippen molar-refractivity contribution in [1.82, 2.24) is 0 Å². The molecule has 0 aliphatic heterocycles. The molecular weight excluding hydrogens is 246 g/mol. The normalized spacial score (nSPS) is 12.3. The third-order valence-corrected chi connectivity index (χ3v) is 3.84. The molecule has 0 aliphatic rings. The minimum absolute atomic E-state index is 0.291. The Kier molecular flexibility index (Phi) is 9.14. The Labute approximate surface area is 124 Å². The van der Waals surface area contributed by atoms with Crippen LogP contribution >= 0.6 is 0 Å². The number of hydrogen-bond acceptors (Lipinski definition) is 2. The number of ether oxygens (including phenoxy) is 1. The zero-order chi connectivity index (χ0) is 14.6. The van der Waals surface area contributed by atoms with Gasteiger partial charge in [0, 0.05) is 6.04 Å². The highest BCUT2D eigenvalue weighted by atomic mass is 16.5. The Morgan fingerprint density at radius 2 is 1.55 bits per heavy atom. The third kappa shape index (κ3) is 7.54. The van der Waals surface area contributed by atoms with Crippen LogP contribution in [0.15, 0.2) is 24.3 Å². The first-order valence-corrected chi connectivity index (χ1v) is 8.14. The minimum Gasteiger partial charge on any atom is -0.497 e. The van der Waals surface area contributed by atoms with Crippen LogP contribution in [0.2, 0.25) is 0 Å². The first-order valence-electron chi connectivity index (χ1n) is 8.14. The minimum atomic E-state index is 0.291. The second kappa shape index (κ2) is 10.7. The fourth-order valence-electron chi connectivity index (χ4n) is 2.53. The number of methoxy groups -OCH3 is 1. The van der Waals surface area contributed by atoms with Crippen LogP contribution in [0.5, 0.6) is 5.75 Å². The maximum atomic E-state index is 6.21. The summed E-state index contributed by atoms with van der Waals surface area (Å²) in [6.45, 7) is 2.26. The molecule has 2 nitrogen and oxygen atoms in total. The highest BCUT2D eigenvalue weighted by molar-refractivity contribution is 5.27. The molecule has 0 amide bonds. The van der Waals surface area contributed by atoms with Crippen molar-refractivity contribution in [2.24, 2.45) is 5.73 Å². The van der Waals surface area contributed by atoms with E-state index in [1.54, 1.807) is 7.11 Å². The van der Waals surface area contributed by atoms with Crippen molar-refractivity contribution in [1.29, 1.82) is 0 Å². The van der Waals surface area contributed by atoms with Gasteiger partial charge in [0.2, 0.25) is 0 Å². The summed E-state index contributed by atoms with van der Waals surface area (Å²) < 4.78 is 5.16. The Morgan fingerprint density at radius 1 is 0.950 bits per heavy atom. The molecule has 0 radical (unpaired) electrons. The first kappa shape index (κ1) is 17.0. The Bertz CT molecular complexity index is 334. The summed E-state index contributed by atoms with van der Waals surface area (Å²) in [5, 5.41) is 0. The van der Waals surface area contributed by atoms with Gasteiger partial charge in [-0.25, -0.2) is 0 Å². The van der Waals surface area contributed by atoms with E-state index in [9.17, 15) is 0 Å². The van der Waals surface area contributed by atoms with E-state index < -0.39 is 0 Å². The molecule has 1 rings (SSSR count). The molecule has 0 aromatic heterocycles. The van der Waals surface area contributed by atoms with Crippen LogP contribution in [-0.2, 0) is 6.42 Å². The summed E-state index contributed by atoms with van der Waals surface area (Å²) in [7, 11) is 1.70. The molecule has 0 fully saturated rings. The van der Waals surface area contributed by atoms with Crippen molar-refractivity contribution in [2.75, 3.05) is 7.11 Å². The van der Waals surface area contributed by atoms with Gasteiger partial charge in [0.1, 0.15) is 5.75 Å². The van der Waals surface area contributed by atoms with Crippen molar-refractivity contribution in [2.45, 2.75) is 70.8 Å². The average Bonchev–Trinajstić information content (AvgIpc) is 2.47. The third-order valence-electron chi connectivity index (χ3n) is 3.84. The van der Waals surface area contributed by atoms with E-state index in [1.807, 2.05) is 12.1 Å². The molecule has 20 heavy (non-hydrogen) atoms. The second-order valence-corrected chi connectivity index (χ2v) is 5.72. The van der Waals surface area contributed by atoms with E-state index in [1.165, 1.54) is 50.5 Å². The monoisotopic (exact) mass is 277 g/mol. The van der Waals surface area contributed by atoms with E-state index in [2.05, 4.69) is 19.1 Å². The zero-order valence-electron chi connectivity index (χ0n) is 13.2. The van der Waals surface area contributed by atoms with E-state index >= 15 is 0 Å². The lowest BCUT2D eigenvalue weighted by Gasteiger charge is -2.12. The SMILES string of the molecule is CCCCCCCCCC(N)Cc1ccc(OC)cc1. The number of hydrogen-bond donors (Lipinski definition) is 1. The van der Waals surface area contributed by atoms with Crippen molar-refractivity contribution >= 4 is 0 Å². The van der Waals surface area contributed by atoms with Gasteiger partial charge in [-0.15, -0.1) is 0 Å². The molecule has 2 N–H and O–H groups in total. The largest absolute Gasteiger partial charge is 0.497 e. The van der Waals surface area contributed by atoms with E-state index in [-0.39, 0.29) is 0 Å². The molecule has 0 saturated carbocycles. The van der Waals surface area contributed by atoms with Gasteiger partial charge in [-0.1, -0.05) is 64.0 Å². The molecule has 0 heterocycles.